The van der Waals surface area contributed by atoms with Gasteiger partial charge in [-0.15, -0.1) is 0 Å². The van der Waals surface area contributed by atoms with Crippen molar-refractivity contribution in [3.8, 4) is 5.75 Å². The average Bonchev–Trinajstić information content (AvgIpc) is 2.47. The van der Waals surface area contributed by atoms with Crippen LogP contribution in [0, 0.1) is 5.82 Å². The van der Waals surface area contributed by atoms with Gasteiger partial charge in [0.05, 0.1) is 5.75 Å². The summed E-state index contributed by atoms with van der Waals surface area (Å²) in [7, 11) is 0. The highest BCUT2D eigenvalue weighted by atomic mass is 32.2. The predicted molar refractivity (Wildman–Crippen MR) is 84.2 cm³/mol. The van der Waals surface area contributed by atoms with E-state index in [1.165, 1.54) is 23.9 Å². The van der Waals surface area contributed by atoms with Crippen LogP contribution in [-0.4, -0.2) is 17.9 Å². The quantitative estimate of drug-likeness (QED) is 0.884. The third-order valence-electron chi connectivity index (χ3n) is 2.71. The first-order chi connectivity index (χ1) is 10.2. The molecule has 1 N–H and O–H groups in total. The SMILES string of the molecule is CSCC(=O)Nc1cccc(OCc2ccc(F)cc2)c1. The molecule has 21 heavy (non-hydrogen) atoms. The summed E-state index contributed by atoms with van der Waals surface area (Å²) in [4.78, 5) is 11.5. The Labute approximate surface area is 127 Å². The van der Waals surface area contributed by atoms with Crippen molar-refractivity contribution in [2.24, 2.45) is 0 Å². The van der Waals surface area contributed by atoms with Crippen LogP contribution in [0.2, 0.25) is 0 Å². The second kappa shape index (κ2) is 7.69. The Kier molecular flexibility index (Phi) is 5.63. The molecule has 0 aliphatic rings. The highest BCUT2D eigenvalue weighted by molar-refractivity contribution is 7.99. The first-order valence-electron chi connectivity index (χ1n) is 6.43. The van der Waals surface area contributed by atoms with Gasteiger partial charge in [-0.3, -0.25) is 4.79 Å². The fourth-order valence-electron chi connectivity index (χ4n) is 1.74. The van der Waals surface area contributed by atoms with E-state index >= 15 is 0 Å². The van der Waals surface area contributed by atoms with Crippen LogP contribution in [0.5, 0.6) is 5.75 Å². The summed E-state index contributed by atoms with van der Waals surface area (Å²) in [5, 5.41) is 2.80. The first-order valence-corrected chi connectivity index (χ1v) is 7.83. The number of ether oxygens (including phenoxy) is 1. The Morgan fingerprint density at radius 3 is 2.71 bits per heavy atom. The molecule has 0 saturated carbocycles. The van der Waals surface area contributed by atoms with Gasteiger partial charge in [-0.2, -0.15) is 11.8 Å². The molecule has 2 aromatic rings. The minimum Gasteiger partial charge on any atom is -0.489 e. The van der Waals surface area contributed by atoms with Gasteiger partial charge in [0, 0.05) is 11.8 Å². The molecular formula is C16H16FNO2S. The number of benzene rings is 2. The number of halogens is 1. The lowest BCUT2D eigenvalue weighted by atomic mass is 10.2. The Balaban J connectivity index is 1.94. The standard InChI is InChI=1S/C16H16FNO2S/c1-21-11-16(19)18-14-3-2-4-15(9-14)20-10-12-5-7-13(17)8-6-12/h2-9H,10-11H2,1H3,(H,18,19). The van der Waals surface area contributed by atoms with Gasteiger partial charge in [0.1, 0.15) is 18.2 Å². The zero-order valence-corrected chi connectivity index (χ0v) is 12.5. The molecule has 0 spiro atoms. The van der Waals surface area contributed by atoms with Crippen molar-refractivity contribution in [1.29, 1.82) is 0 Å². The highest BCUT2D eigenvalue weighted by Crippen LogP contribution is 2.19. The fourth-order valence-corrected chi connectivity index (χ4v) is 2.07. The number of anilines is 1. The largest absolute Gasteiger partial charge is 0.489 e. The smallest absolute Gasteiger partial charge is 0.234 e. The van der Waals surface area contributed by atoms with Gasteiger partial charge in [-0.1, -0.05) is 18.2 Å². The zero-order chi connectivity index (χ0) is 15.1. The number of nitrogens with one attached hydrogen (secondary N) is 1. The molecule has 1 amide bonds. The van der Waals surface area contributed by atoms with Gasteiger partial charge >= 0.3 is 0 Å². The molecule has 0 radical (unpaired) electrons. The summed E-state index contributed by atoms with van der Waals surface area (Å²) in [5.74, 6) is 0.762. The summed E-state index contributed by atoms with van der Waals surface area (Å²) >= 11 is 1.47. The fraction of sp³-hybridized carbons (Fsp3) is 0.188. The van der Waals surface area contributed by atoms with E-state index in [-0.39, 0.29) is 11.7 Å². The van der Waals surface area contributed by atoms with Crippen LogP contribution < -0.4 is 10.1 Å². The lowest BCUT2D eigenvalue weighted by Crippen LogP contribution is -2.13. The van der Waals surface area contributed by atoms with Crippen LogP contribution in [-0.2, 0) is 11.4 Å². The van der Waals surface area contributed by atoms with Crippen LogP contribution in [0.3, 0.4) is 0 Å². The first kappa shape index (κ1) is 15.4. The van der Waals surface area contributed by atoms with E-state index in [9.17, 15) is 9.18 Å². The lowest BCUT2D eigenvalue weighted by Gasteiger charge is -2.09. The molecule has 0 aliphatic carbocycles. The molecule has 0 aliphatic heterocycles. The van der Waals surface area contributed by atoms with Gasteiger partial charge in [0.15, 0.2) is 0 Å². The van der Waals surface area contributed by atoms with Crippen LogP contribution in [0.25, 0.3) is 0 Å². The van der Waals surface area contributed by atoms with Crippen molar-refractivity contribution >= 4 is 23.4 Å². The Morgan fingerprint density at radius 2 is 2.00 bits per heavy atom. The van der Waals surface area contributed by atoms with Crippen LogP contribution in [0.15, 0.2) is 48.5 Å². The molecule has 0 unspecified atom stereocenters. The Hall–Kier alpha value is -2.01. The average molecular weight is 305 g/mol. The van der Waals surface area contributed by atoms with Gasteiger partial charge in [0.2, 0.25) is 5.91 Å². The van der Waals surface area contributed by atoms with E-state index in [2.05, 4.69) is 5.32 Å². The van der Waals surface area contributed by atoms with Crippen molar-refractivity contribution < 1.29 is 13.9 Å². The molecule has 0 bridgehead atoms. The van der Waals surface area contributed by atoms with Crippen LogP contribution in [0.1, 0.15) is 5.56 Å². The molecule has 0 aromatic heterocycles. The number of hydrogen-bond acceptors (Lipinski definition) is 3. The highest BCUT2D eigenvalue weighted by Gasteiger charge is 2.03. The van der Waals surface area contributed by atoms with E-state index in [1.807, 2.05) is 24.5 Å². The van der Waals surface area contributed by atoms with Crippen LogP contribution in [0.4, 0.5) is 10.1 Å². The van der Waals surface area contributed by atoms with E-state index in [4.69, 9.17) is 4.74 Å². The zero-order valence-electron chi connectivity index (χ0n) is 11.6. The summed E-state index contributed by atoms with van der Waals surface area (Å²) in [6, 6.07) is 13.4. The summed E-state index contributed by atoms with van der Waals surface area (Å²) in [6.07, 6.45) is 1.88. The molecule has 0 fully saturated rings. The number of hydrogen-bond donors (Lipinski definition) is 1. The molecule has 3 nitrogen and oxygen atoms in total. The molecule has 110 valence electrons. The topological polar surface area (TPSA) is 38.3 Å². The van der Waals surface area contributed by atoms with Gasteiger partial charge in [-0.25, -0.2) is 4.39 Å². The minimum absolute atomic E-state index is 0.0433. The van der Waals surface area contributed by atoms with Gasteiger partial charge in [0.25, 0.3) is 0 Å². The van der Waals surface area contributed by atoms with Crippen molar-refractivity contribution in [3.63, 3.8) is 0 Å². The number of amides is 1. The third kappa shape index (κ3) is 5.11. The molecule has 2 rings (SSSR count). The number of carbonyl (C=O) groups excluding carboxylic acids is 1. The van der Waals surface area contributed by atoms with Crippen LogP contribution >= 0.6 is 11.8 Å². The second-order valence-electron chi connectivity index (χ2n) is 4.42. The van der Waals surface area contributed by atoms with Crippen molar-refractivity contribution in [1.82, 2.24) is 0 Å². The number of carbonyl (C=O) groups is 1. The van der Waals surface area contributed by atoms with Crippen molar-refractivity contribution in [3.05, 3.63) is 59.9 Å². The monoisotopic (exact) mass is 305 g/mol. The third-order valence-corrected chi connectivity index (χ3v) is 3.26. The van der Waals surface area contributed by atoms with Crippen molar-refractivity contribution in [2.45, 2.75) is 6.61 Å². The molecular weight excluding hydrogens is 289 g/mol. The maximum Gasteiger partial charge on any atom is 0.234 e. The van der Waals surface area contributed by atoms with Gasteiger partial charge in [-0.05, 0) is 36.1 Å². The number of rotatable bonds is 6. The Bertz CT molecular complexity index is 601. The molecule has 5 heteroatoms. The lowest BCUT2D eigenvalue weighted by molar-refractivity contribution is -0.113. The maximum absolute atomic E-state index is 12.8. The van der Waals surface area contributed by atoms with E-state index in [0.29, 0.717) is 23.8 Å². The Morgan fingerprint density at radius 1 is 1.24 bits per heavy atom. The molecule has 2 aromatic carbocycles. The summed E-state index contributed by atoms with van der Waals surface area (Å²) in [5.41, 5.74) is 1.58. The number of thioether (sulfide) groups is 1. The van der Waals surface area contributed by atoms with E-state index < -0.39 is 0 Å². The summed E-state index contributed by atoms with van der Waals surface area (Å²) in [6.45, 7) is 0.350. The summed E-state index contributed by atoms with van der Waals surface area (Å²) < 4.78 is 18.4. The van der Waals surface area contributed by atoms with E-state index in [1.54, 1.807) is 18.2 Å². The molecule has 0 saturated heterocycles. The second-order valence-corrected chi connectivity index (χ2v) is 5.29. The van der Waals surface area contributed by atoms with Gasteiger partial charge < -0.3 is 10.1 Å². The van der Waals surface area contributed by atoms with E-state index in [0.717, 1.165) is 5.56 Å². The normalized spacial score (nSPS) is 10.2. The molecule has 0 heterocycles. The minimum atomic E-state index is -0.266. The predicted octanol–water partition coefficient (Wildman–Crippen LogP) is 3.71. The molecule has 0 atom stereocenters. The maximum atomic E-state index is 12.8. The van der Waals surface area contributed by atoms with Crippen molar-refractivity contribution in [2.75, 3.05) is 17.3 Å².